The first-order valence-electron chi connectivity index (χ1n) is 6.16. The van der Waals surface area contributed by atoms with E-state index < -0.39 is 0 Å². The fraction of sp³-hybridized carbons (Fsp3) is 0.833. The number of rotatable bonds is 7. The van der Waals surface area contributed by atoms with Gasteiger partial charge in [-0.25, -0.2) is 0 Å². The molecule has 19 heavy (non-hydrogen) atoms. The Morgan fingerprint density at radius 2 is 1.42 bits per heavy atom. The molecule has 0 bridgehead atoms. The van der Waals surface area contributed by atoms with Crippen LogP contribution in [0.25, 0.3) is 0 Å². The summed E-state index contributed by atoms with van der Waals surface area (Å²) in [5.41, 5.74) is 0. The molecule has 0 aromatic rings. The predicted octanol–water partition coefficient (Wildman–Crippen LogP) is 0.845. The lowest BCUT2D eigenvalue weighted by Gasteiger charge is -1.98. The van der Waals surface area contributed by atoms with Gasteiger partial charge in [-0.1, -0.05) is 13.8 Å². The molecule has 0 saturated heterocycles. The normalized spacial score (nSPS) is 8.53. The average molecular weight is 301 g/mol. The van der Waals surface area contributed by atoms with Crippen molar-refractivity contribution in [3.05, 3.63) is 0 Å². The number of hydrogen-bond donors (Lipinski definition) is 3. The number of aliphatic hydroxyl groups excluding tert-OH is 3. The maximum atomic E-state index is 10.5. The molecule has 116 valence electrons. The van der Waals surface area contributed by atoms with E-state index in [4.69, 9.17) is 26.9 Å². The molecule has 7 heteroatoms. The molecular weight excluding hydrogens is 276 g/mol. The van der Waals surface area contributed by atoms with Gasteiger partial charge in [0.15, 0.2) is 0 Å². The fourth-order valence-electron chi connectivity index (χ4n) is 0.632. The van der Waals surface area contributed by atoms with Crippen LogP contribution in [0.4, 0.5) is 0 Å². The Morgan fingerprint density at radius 1 is 0.947 bits per heavy atom. The first-order chi connectivity index (χ1) is 8.99. The third-order valence-corrected chi connectivity index (χ3v) is 1.54. The zero-order valence-electron chi connectivity index (χ0n) is 11.6. The van der Waals surface area contributed by atoms with Crippen LogP contribution in [0.3, 0.4) is 0 Å². The average Bonchev–Trinajstić information content (AvgIpc) is 2.37. The molecule has 0 radical (unpaired) electrons. The highest BCUT2D eigenvalue weighted by atomic mass is 35.5. The van der Waals surface area contributed by atoms with Crippen LogP contribution in [0.1, 0.15) is 39.5 Å². The molecule has 0 amide bonds. The number of ether oxygens (including phenoxy) is 1. The Morgan fingerprint density at radius 3 is 1.63 bits per heavy atom. The van der Waals surface area contributed by atoms with Gasteiger partial charge in [0.1, 0.15) is 6.61 Å². The van der Waals surface area contributed by atoms with E-state index in [9.17, 15) is 9.59 Å². The number of aliphatic hydroxyl groups is 3. The summed E-state index contributed by atoms with van der Waals surface area (Å²) < 4.78 is 4.54. The maximum Gasteiger partial charge on any atom is 0.305 e. The monoisotopic (exact) mass is 300 g/mol. The van der Waals surface area contributed by atoms with Crippen LogP contribution in [0.15, 0.2) is 0 Å². The molecule has 0 heterocycles. The Labute approximate surface area is 119 Å². The van der Waals surface area contributed by atoms with Crippen LogP contribution in [0.2, 0.25) is 0 Å². The van der Waals surface area contributed by atoms with Crippen molar-refractivity contribution in [2.45, 2.75) is 39.5 Å². The van der Waals surface area contributed by atoms with Crippen molar-refractivity contribution in [1.29, 1.82) is 0 Å². The lowest BCUT2D eigenvalue weighted by Crippen LogP contribution is -2.07. The lowest BCUT2D eigenvalue weighted by atomic mass is 10.3. The van der Waals surface area contributed by atoms with E-state index in [2.05, 4.69) is 4.74 Å². The minimum Gasteiger partial charge on any atom is -0.463 e. The van der Waals surface area contributed by atoms with Gasteiger partial charge in [-0.3, -0.25) is 9.59 Å². The van der Waals surface area contributed by atoms with Crippen LogP contribution in [0.5, 0.6) is 0 Å². The third kappa shape index (κ3) is 38.2. The van der Waals surface area contributed by atoms with Crippen LogP contribution in [-0.2, 0) is 14.3 Å². The Balaban J connectivity index is -0.000000222. The highest BCUT2D eigenvalue weighted by Gasteiger charge is 1.97. The number of carbonyl (C=O) groups excluding carboxylic acids is 2. The molecule has 0 aliphatic carbocycles. The second-order valence-corrected chi connectivity index (χ2v) is 3.67. The van der Waals surface area contributed by atoms with Gasteiger partial charge >= 0.3 is 5.97 Å². The van der Waals surface area contributed by atoms with Crippen molar-refractivity contribution in [2.24, 2.45) is 0 Å². The number of esters is 1. The number of halogens is 1. The number of hydrogen-bond acceptors (Lipinski definition) is 6. The van der Waals surface area contributed by atoms with Gasteiger partial charge in [-0.15, -0.1) is 0 Å². The molecule has 0 unspecified atom stereocenters. The minimum atomic E-state index is -0.238. The zero-order chi connectivity index (χ0) is 15.5. The summed E-state index contributed by atoms with van der Waals surface area (Å²) in [6, 6.07) is 0. The molecule has 0 aliphatic rings. The molecule has 3 N–H and O–H groups in total. The summed E-state index contributed by atoms with van der Waals surface area (Å²) in [4.78, 5) is 20.3. The first kappa shape index (κ1) is 23.4. The van der Waals surface area contributed by atoms with Gasteiger partial charge in [0.25, 0.3) is 0 Å². The van der Waals surface area contributed by atoms with E-state index in [1.165, 1.54) is 0 Å². The van der Waals surface area contributed by atoms with Crippen molar-refractivity contribution in [1.82, 2.24) is 0 Å². The van der Waals surface area contributed by atoms with Crippen LogP contribution in [-0.4, -0.2) is 53.0 Å². The van der Waals surface area contributed by atoms with E-state index in [-0.39, 0.29) is 37.6 Å². The van der Waals surface area contributed by atoms with E-state index in [1.807, 2.05) is 13.8 Å². The smallest absolute Gasteiger partial charge is 0.305 e. The molecule has 0 rings (SSSR count). The lowest BCUT2D eigenvalue weighted by molar-refractivity contribution is -0.144. The molecular formula is C12H25ClO6. The summed E-state index contributed by atoms with van der Waals surface area (Å²) in [5, 5.41) is 23.2. The van der Waals surface area contributed by atoms with E-state index >= 15 is 0 Å². The summed E-state index contributed by atoms with van der Waals surface area (Å²) >= 11 is 4.94. The van der Waals surface area contributed by atoms with Gasteiger partial charge in [0.2, 0.25) is 5.24 Å². The van der Waals surface area contributed by atoms with E-state index in [0.717, 1.165) is 12.8 Å². The minimum absolute atomic E-state index is 0.0878. The van der Waals surface area contributed by atoms with Gasteiger partial charge in [0, 0.05) is 12.8 Å². The molecule has 0 spiro atoms. The quantitative estimate of drug-likeness (QED) is 0.475. The first-order valence-corrected chi connectivity index (χ1v) is 6.54. The Kier molecular flexibility index (Phi) is 27.7. The second-order valence-electron chi connectivity index (χ2n) is 3.25. The van der Waals surface area contributed by atoms with Crippen LogP contribution in [0, 0.1) is 0 Å². The topological polar surface area (TPSA) is 104 Å². The largest absolute Gasteiger partial charge is 0.463 e. The molecule has 0 atom stereocenters. The Bertz CT molecular complexity index is 197. The standard InChI is InChI=1S/C6H12O3.C4H7ClO.C2H6O2/c1-2-3-6(8)9-5-4-7;1-2-3-4(5)6;3-1-2-4/h7H,2-5H2,1H3;2-3H2,1H3;3-4H,1-2H2. The van der Waals surface area contributed by atoms with Crippen molar-refractivity contribution in [3.63, 3.8) is 0 Å². The summed E-state index contributed by atoms with van der Waals surface area (Å²) in [5.74, 6) is -0.230. The zero-order valence-corrected chi connectivity index (χ0v) is 12.4. The fourth-order valence-corrected chi connectivity index (χ4v) is 0.821. The van der Waals surface area contributed by atoms with Crippen molar-refractivity contribution in [3.8, 4) is 0 Å². The van der Waals surface area contributed by atoms with E-state index in [0.29, 0.717) is 12.8 Å². The van der Waals surface area contributed by atoms with Gasteiger partial charge in [-0.05, 0) is 24.4 Å². The number of carbonyl (C=O) groups is 2. The van der Waals surface area contributed by atoms with Gasteiger partial charge < -0.3 is 20.1 Å². The summed E-state index contributed by atoms with van der Waals surface area (Å²) in [6.07, 6.45) is 2.59. The van der Waals surface area contributed by atoms with Crippen LogP contribution < -0.4 is 0 Å². The molecule has 0 aliphatic heterocycles. The van der Waals surface area contributed by atoms with Crippen molar-refractivity contribution in [2.75, 3.05) is 26.4 Å². The SMILES string of the molecule is CCCC(=O)Cl.CCCC(=O)OCCO.OCCO. The highest BCUT2D eigenvalue weighted by Crippen LogP contribution is 1.90. The Hall–Kier alpha value is -0.690. The van der Waals surface area contributed by atoms with Gasteiger partial charge in [0.05, 0.1) is 19.8 Å². The van der Waals surface area contributed by atoms with Crippen molar-refractivity contribution >= 4 is 22.8 Å². The summed E-state index contributed by atoms with van der Waals surface area (Å²) in [6.45, 7) is 3.61. The van der Waals surface area contributed by atoms with Gasteiger partial charge in [-0.2, -0.15) is 0 Å². The maximum absolute atomic E-state index is 10.5. The molecule has 0 aromatic carbocycles. The second kappa shape index (κ2) is 22.5. The molecule has 6 nitrogen and oxygen atoms in total. The third-order valence-electron chi connectivity index (χ3n) is 1.36. The van der Waals surface area contributed by atoms with E-state index in [1.54, 1.807) is 0 Å². The highest BCUT2D eigenvalue weighted by molar-refractivity contribution is 6.63. The summed E-state index contributed by atoms with van der Waals surface area (Å²) in [7, 11) is 0. The molecule has 0 fully saturated rings. The van der Waals surface area contributed by atoms with Crippen molar-refractivity contribution < 1.29 is 29.6 Å². The van der Waals surface area contributed by atoms with Crippen LogP contribution >= 0.6 is 11.6 Å². The molecule has 0 saturated carbocycles. The predicted molar refractivity (Wildman–Crippen MR) is 72.9 cm³/mol. The molecule has 0 aromatic heterocycles.